The van der Waals surface area contributed by atoms with Crippen molar-refractivity contribution in [2.24, 2.45) is 0 Å². The molecule has 1 saturated carbocycles. The molecule has 1 atom stereocenters. The maximum atomic E-state index is 12.9. The second-order valence-electron chi connectivity index (χ2n) is 8.39. The van der Waals surface area contributed by atoms with E-state index in [0.29, 0.717) is 30.4 Å². The fourth-order valence-electron chi connectivity index (χ4n) is 4.98. The van der Waals surface area contributed by atoms with Crippen molar-refractivity contribution in [1.82, 2.24) is 9.47 Å². The van der Waals surface area contributed by atoms with Crippen molar-refractivity contribution >= 4 is 11.7 Å². The van der Waals surface area contributed by atoms with Gasteiger partial charge in [-0.3, -0.25) is 9.69 Å². The smallest absolute Gasteiger partial charge is 0.239 e. The predicted octanol–water partition coefficient (Wildman–Crippen LogP) is 3.66. The van der Waals surface area contributed by atoms with Gasteiger partial charge in [0.2, 0.25) is 5.91 Å². The molecule has 1 aromatic rings. The molecule has 1 saturated heterocycles. The van der Waals surface area contributed by atoms with Crippen molar-refractivity contribution in [1.29, 1.82) is 5.26 Å². The number of likely N-dealkylation sites (tertiary alicyclic amines) is 1. The van der Waals surface area contributed by atoms with Gasteiger partial charge in [-0.2, -0.15) is 5.26 Å². The molecule has 1 aromatic heterocycles. The summed E-state index contributed by atoms with van der Waals surface area (Å²) in [6, 6.07) is 2.95. The third-order valence-corrected chi connectivity index (χ3v) is 6.62. The van der Waals surface area contributed by atoms with Crippen LogP contribution in [0.3, 0.4) is 0 Å². The lowest BCUT2D eigenvalue weighted by atomic mass is 9.95. The number of rotatable bonds is 6. The molecule has 2 fully saturated rings. The van der Waals surface area contributed by atoms with Crippen LogP contribution in [0.2, 0.25) is 0 Å². The quantitative estimate of drug-likeness (QED) is 0.782. The zero-order valence-corrected chi connectivity index (χ0v) is 17.3. The number of nitrogens with one attached hydrogen (secondary N) is 1. The number of anilines is 1. The molecule has 6 heteroatoms. The van der Waals surface area contributed by atoms with Gasteiger partial charge in [-0.15, -0.1) is 0 Å². The van der Waals surface area contributed by atoms with E-state index in [9.17, 15) is 15.2 Å². The third kappa shape index (κ3) is 4.42. The fraction of sp³-hybridized carbons (Fsp3) is 0.727. The van der Waals surface area contributed by atoms with Gasteiger partial charge in [-0.05, 0) is 58.1 Å². The summed E-state index contributed by atoms with van der Waals surface area (Å²) in [6.45, 7) is 5.41. The summed E-state index contributed by atoms with van der Waals surface area (Å²) in [5, 5.41) is 22.1. The number of amides is 1. The van der Waals surface area contributed by atoms with E-state index in [-0.39, 0.29) is 18.6 Å². The van der Waals surface area contributed by atoms with Crippen LogP contribution >= 0.6 is 0 Å². The minimum atomic E-state index is -0.0594. The van der Waals surface area contributed by atoms with E-state index in [1.165, 1.54) is 19.3 Å². The Hall–Kier alpha value is -1.84. The molecule has 0 spiro atoms. The highest BCUT2D eigenvalue weighted by Crippen LogP contribution is 2.36. The van der Waals surface area contributed by atoms with Crippen molar-refractivity contribution in [3.05, 3.63) is 16.8 Å². The summed E-state index contributed by atoms with van der Waals surface area (Å²) in [4.78, 5) is 15.1. The van der Waals surface area contributed by atoms with Crippen LogP contribution in [0.5, 0.6) is 0 Å². The lowest BCUT2D eigenvalue weighted by molar-refractivity contribution is -0.118. The van der Waals surface area contributed by atoms with Gasteiger partial charge in [0.05, 0.1) is 12.1 Å². The first kappa shape index (κ1) is 20.9. The zero-order chi connectivity index (χ0) is 20.1. The van der Waals surface area contributed by atoms with Crippen molar-refractivity contribution in [2.75, 3.05) is 25.0 Å². The minimum absolute atomic E-state index is 0.0594. The summed E-state index contributed by atoms with van der Waals surface area (Å²) in [7, 11) is 0. The highest BCUT2D eigenvalue weighted by atomic mass is 16.3. The Morgan fingerprint density at radius 3 is 2.57 bits per heavy atom. The number of piperidine rings is 1. The van der Waals surface area contributed by atoms with Crippen molar-refractivity contribution in [3.63, 3.8) is 0 Å². The molecule has 1 aliphatic carbocycles. The molecule has 1 unspecified atom stereocenters. The Balaban J connectivity index is 1.79. The molecule has 2 aliphatic rings. The van der Waals surface area contributed by atoms with Gasteiger partial charge in [0.25, 0.3) is 0 Å². The number of nitriles is 1. The van der Waals surface area contributed by atoms with Crippen molar-refractivity contribution in [2.45, 2.75) is 83.7 Å². The Morgan fingerprint density at radius 2 is 1.89 bits per heavy atom. The van der Waals surface area contributed by atoms with E-state index in [0.717, 1.165) is 49.9 Å². The first-order chi connectivity index (χ1) is 13.6. The Labute approximate surface area is 168 Å². The number of hydrogen-bond donors (Lipinski definition) is 2. The van der Waals surface area contributed by atoms with Crippen LogP contribution in [0, 0.1) is 25.2 Å². The average molecular weight is 387 g/mol. The summed E-state index contributed by atoms with van der Waals surface area (Å²) in [6.07, 6.45) is 9.88. The number of nitrogens with zero attached hydrogens (tertiary/aromatic N) is 3. The van der Waals surface area contributed by atoms with Crippen LogP contribution in [-0.2, 0) is 4.79 Å². The molecule has 154 valence electrons. The first-order valence-electron chi connectivity index (χ1n) is 10.8. The van der Waals surface area contributed by atoms with Crippen LogP contribution in [0.25, 0.3) is 0 Å². The largest absolute Gasteiger partial charge is 0.396 e. The number of aliphatic hydroxyl groups excluding tert-OH is 1. The van der Waals surface area contributed by atoms with Gasteiger partial charge >= 0.3 is 0 Å². The van der Waals surface area contributed by atoms with Gasteiger partial charge in [-0.25, -0.2) is 0 Å². The maximum Gasteiger partial charge on any atom is 0.239 e. The minimum Gasteiger partial charge on any atom is -0.396 e. The zero-order valence-electron chi connectivity index (χ0n) is 17.3. The SMILES string of the molecule is Cc1c(C#N)c(NC(=O)CN2CCCCC2CCO)n(C2CCCCC2)c1C. The standard InChI is InChI=1S/C22H34N4O2/c1-16-17(2)26(19-9-4-3-5-10-19)22(20(16)14-23)24-21(28)15-25-12-7-6-8-18(25)11-13-27/h18-19,27H,3-13,15H2,1-2H3,(H,24,28). The third-order valence-electron chi connectivity index (χ3n) is 6.62. The molecule has 28 heavy (non-hydrogen) atoms. The number of carbonyl (C=O) groups excluding carboxylic acids is 1. The normalized spacial score (nSPS) is 21.4. The summed E-state index contributed by atoms with van der Waals surface area (Å²) in [5.41, 5.74) is 2.66. The molecule has 0 radical (unpaired) electrons. The average Bonchev–Trinajstić information content (AvgIpc) is 2.93. The van der Waals surface area contributed by atoms with Gasteiger partial charge in [0.15, 0.2) is 0 Å². The number of carbonyl (C=O) groups is 1. The lowest BCUT2D eigenvalue weighted by Gasteiger charge is -2.35. The topological polar surface area (TPSA) is 81.3 Å². The molecule has 0 bridgehead atoms. The van der Waals surface area contributed by atoms with E-state index in [2.05, 4.69) is 27.8 Å². The van der Waals surface area contributed by atoms with Crippen LogP contribution in [0.1, 0.15) is 80.7 Å². The van der Waals surface area contributed by atoms with E-state index in [4.69, 9.17) is 0 Å². The summed E-state index contributed by atoms with van der Waals surface area (Å²) >= 11 is 0. The number of hydrogen-bond acceptors (Lipinski definition) is 4. The Bertz CT molecular complexity index is 726. The van der Waals surface area contributed by atoms with Crippen molar-refractivity contribution in [3.8, 4) is 6.07 Å². The fourth-order valence-corrected chi connectivity index (χ4v) is 4.98. The molecule has 1 aliphatic heterocycles. The molecule has 0 aromatic carbocycles. The molecule has 2 heterocycles. The van der Waals surface area contributed by atoms with Crippen LogP contribution in [-0.4, -0.2) is 46.2 Å². The second-order valence-corrected chi connectivity index (χ2v) is 8.39. The van der Waals surface area contributed by atoms with Crippen LogP contribution in [0.4, 0.5) is 5.82 Å². The maximum absolute atomic E-state index is 12.9. The molecular formula is C22H34N4O2. The molecule has 3 rings (SSSR count). The van der Waals surface area contributed by atoms with E-state index < -0.39 is 0 Å². The van der Waals surface area contributed by atoms with Gasteiger partial charge in [0, 0.05) is 24.4 Å². The van der Waals surface area contributed by atoms with E-state index in [1.54, 1.807) is 0 Å². The van der Waals surface area contributed by atoms with Gasteiger partial charge < -0.3 is 15.0 Å². The molecule has 2 N–H and O–H groups in total. The van der Waals surface area contributed by atoms with E-state index >= 15 is 0 Å². The van der Waals surface area contributed by atoms with Gasteiger partial charge in [0.1, 0.15) is 11.9 Å². The summed E-state index contributed by atoms with van der Waals surface area (Å²) < 4.78 is 2.21. The molecule has 1 amide bonds. The number of aliphatic hydroxyl groups is 1. The highest BCUT2D eigenvalue weighted by Gasteiger charge is 2.28. The summed E-state index contributed by atoms with van der Waals surface area (Å²) in [5.74, 6) is 0.626. The van der Waals surface area contributed by atoms with E-state index in [1.807, 2.05) is 6.92 Å². The van der Waals surface area contributed by atoms with Crippen LogP contribution < -0.4 is 5.32 Å². The van der Waals surface area contributed by atoms with Crippen LogP contribution in [0.15, 0.2) is 0 Å². The highest BCUT2D eigenvalue weighted by molar-refractivity contribution is 5.93. The first-order valence-corrected chi connectivity index (χ1v) is 10.8. The number of aromatic nitrogens is 1. The second kappa shape index (κ2) is 9.58. The molecular weight excluding hydrogens is 352 g/mol. The Morgan fingerprint density at radius 1 is 1.18 bits per heavy atom. The predicted molar refractivity (Wildman–Crippen MR) is 110 cm³/mol. The monoisotopic (exact) mass is 386 g/mol. The Kier molecular flexibility index (Phi) is 7.14. The lowest BCUT2D eigenvalue weighted by Crippen LogP contribution is -2.44. The molecule has 6 nitrogen and oxygen atoms in total. The van der Waals surface area contributed by atoms with Gasteiger partial charge in [-0.1, -0.05) is 25.7 Å². The van der Waals surface area contributed by atoms with Crippen molar-refractivity contribution < 1.29 is 9.90 Å².